The van der Waals surface area contributed by atoms with E-state index < -0.39 is 5.54 Å². The number of nitrogens with zero attached hydrogens (tertiary/aromatic N) is 3. The van der Waals surface area contributed by atoms with Gasteiger partial charge in [0.1, 0.15) is 16.9 Å². The van der Waals surface area contributed by atoms with Crippen molar-refractivity contribution in [3.8, 4) is 10.6 Å². The molecule has 1 fully saturated rings. The fourth-order valence-corrected chi connectivity index (χ4v) is 5.19. The van der Waals surface area contributed by atoms with Crippen LogP contribution >= 0.6 is 11.3 Å². The van der Waals surface area contributed by atoms with E-state index >= 15 is 0 Å². The van der Waals surface area contributed by atoms with E-state index in [2.05, 4.69) is 19.2 Å². The van der Waals surface area contributed by atoms with Crippen molar-refractivity contribution in [3.05, 3.63) is 29.3 Å². The molecule has 0 saturated heterocycles. The Kier molecular flexibility index (Phi) is 6.00. The molecule has 2 amide bonds. The van der Waals surface area contributed by atoms with Crippen molar-refractivity contribution in [2.75, 3.05) is 6.54 Å². The van der Waals surface area contributed by atoms with E-state index in [4.69, 9.17) is 5.10 Å². The maximum Gasteiger partial charge on any atom is 0.273 e. The van der Waals surface area contributed by atoms with Crippen LogP contribution in [0.5, 0.6) is 0 Å². The van der Waals surface area contributed by atoms with Crippen molar-refractivity contribution in [2.24, 2.45) is 5.92 Å². The number of fused-ring (bicyclic) bond motifs is 1. The molecule has 0 aromatic carbocycles. The van der Waals surface area contributed by atoms with Crippen molar-refractivity contribution >= 4 is 23.2 Å². The lowest BCUT2D eigenvalue weighted by Crippen LogP contribution is -2.65. The van der Waals surface area contributed by atoms with Gasteiger partial charge in [0.15, 0.2) is 0 Å². The molecule has 4 rings (SSSR count). The number of carbonyl (C=O) groups excluding carboxylic acids is 2. The second-order valence-corrected chi connectivity index (χ2v) is 10.2. The number of nitrogens with one attached hydrogen (secondary N) is 1. The fraction of sp³-hybridized carbons (Fsp3) is 0.609. The first-order valence-electron chi connectivity index (χ1n) is 11.1. The molecular formula is C23H32N4O2S. The summed E-state index contributed by atoms with van der Waals surface area (Å²) in [5.41, 5.74) is 0.439. The molecule has 7 heteroatoms. The second kappa shape index (κ2) is 8.53. The van der Waals surface area contributed by atoms with Crippen LogP contribution in [0.15, 0.2) is 23.6 Å². The first-order valence-corrected chi connectivity index (χ1v) is 12.0. The molecule has 1 N–H and O–H groups in total. The number of thiophene rings is 1. The largest absolute Gasteiger partial charge is 0.351 e. The van der Waals surface area contributed by atoms with Gasteiger partial charge in [-0.2, -0.15) is 5.10 Å². The lowest BCUT2D eigenvalue weighted by Gasteiger charge is -2.44. The van der Waals surface area contributed by atoms with Crippen molar-refractivity contribution in [3.63, 3.8) is 0 Å². The summed E-state index contributed by atoms with van der Waals surface area (Å²) in [7, 11) is 0. The highest BCUT2D eigenvalue weighted by Crippen LogP contribution is 2.32. The summed E-state index contributed by atoms with van der Waals surface area (Å²) >= 11 is 1.61. The lowest BCUT2D eigenvalue weighted by atomic mass is 9.91. The summed E-state index contributed by atoms with van der Waals surface area (Å²) in [6.45, 7) is 7.15. The van der Waals surface area contributed by atoms with E-state index in [1.807, 2.05) is 30.5 Å². The zero-order valence-corrected chi connectivity index (χ0v) is 19.0. The van der Waals surface area contributed by atoms with Crippen LogP contribution in [0.3, 0.4) is 0 Å². The van der Waals surface area contributed by atoms with E-state index in [-0.39, 0.29) is 17.9 Å². The number of hydrogen-bond acceptors (Lipinski definition) is 4. The van der Waals surface area contributed by atoms with E-state index in [1.54, 1.807) is 20.9 Å². The first-order chi connectivity index (χ1) is 14.4. The van der Waals surface area contributed by atoms with Gasteiger partial charge < -0.3 is 10.2 Å². The minimum atomic E-state index is -0.935. The summed E-state index contributed by atoms with van der Waals surface area (Å²) in [6, 6.07) is 6.08. The van der Waals surface area contributed by atoms with Crippen molar-refractivity contribution in [1.82, 2.24) is 20.0 Å². The van der Waals surface area contributed by atoms with E-state index in [0.29, 0.717) is 24.7 Å². The van der Waals surface area contributed by atoms with Gasteiger partial charge in [-0.25, -0.2) is 0 Å². The highest BCUT2D eigenvalue weighted by molar-refractivity contribution is 7.13. The van der Waals surface area contributed by atoms with Gasteiger partial charge in [0.2, 0.25) is 5.91 Å². The van der Waals surface area contributed by atoms with Gasteiger partial charge in [0.05, 0.1) is 11.4 Å². The van der Waals surface area contributed by atoms with Crippen LogP contribution < -0.4 is 5.32 Å². The molecule has 162 valence electrons. The predicted octanol–water partition coefficient (Wildman–Crippen LogP) is 4.32. The molecule has 1 aliphatic heterocycles. The molecule has 0 unspecified atom stereocenters. The summed E-state index contributed by atoms with van der Waals surface area (Å²) in [5.74, 6) is 0.306. The Bertz CT molecular complexity index is 898. The van der Waals surface area contributed by atoms with Crippen LogP contribution in [0, 0.1) is 5.92 Å². The third kappa shape index (κ3) is 4.04. The Labute approximate surface area is 182 Å². The number of carbonyl (C=O) groups is 2. The Morgan fingerprint density at radius 2 is 2.10 bits per heavy atom. The van der Waals surface area contributed by atoms with Crippen molar-refractivity contribution in [1.29, 1.82) is 0 Å². The van der Waals surface area contributed by atoms with Gasteiger partial charge in [-0.3, -0.25) is 14.3 Å². The minimum absolute atomic E-state index is 0.0506. The smallest absolute Gasteiger partial charge is 0.273 e. The molecule has 30 heavy (non-hydrogen) atoms. The first kappa shape index (κ1) is 21.1. The summed E-state index contributed by atoms with van der Waals surface area (Å²) < 4.78 is 1.74. The van der Waals surface area contributed by atoms with Crippen LogP contribution in [0.2, 0.25) is 0 Å². The molecule has 1 atom stereocenters. The van der Waals surface area contributed by atoms with Gasteiger partial charge >= 0.3 is 0 Å². The highest BCUT2D eigenvalue weighted by Gasteiger charge is 2.48. The normalized spacial score (nSPS) is 22.4. The van der Waals surface area contributed by atoms with Crippen LogP contribution in [0.4, 0.5) is 0 Å². The molecule has 3 heterocycles. The van der Waals surface area contributed by atoms with Crippen molar-refractivity contribution in [2.45, 2.75) is 77.4 Å². The zero-order chi connectivity index (χ0) is 21.3. The minimum Gasteiger partial charge on any atom is -0.351 e. The number of aromatic nitrogens is 2. The van der Waals surface area contributed by atoms with Gasteiger partial charge in [-0.1, -0.05) is 39.2 Å². The molecule has 0 radical (unpaired) electrons. The molecule has 6 nitrogen and oxygen atoms in total. The number of amides is 2. The Morgan fingerprint density at radius 3 is 2.77 bits per heavy atom. The Hall–Kier alpha value is -2.15. The molecule has 0 bridgehead atoms. The maximum atomic E-state index is 13.5. The third-order valence-corrected chi connectivity index (χ3v) is 7.32. The van der Waals surface area contributed by atoms with E-state index in [9.17, 15) is 9.59 Å². The molecule has 2 aromatic heterocycles. The predicted molar refractivity (Wildman–Crippen MR) is 119 cm³/mol. The van der Waals surface area contributed by atoms with E-state index in [1.165, 1.54) is 6.42 Å². The molecule has 2 aromatic rings. The van der Waals surface area contributed by atoms with Crippen LogP contribution in [-0.4, -0.2) is 44.6 Å². The molecule has 0 spiro atoms. The average molecular weight is 429 g/mol. The maximum absolute atomic E-state index is 13.5. The molecule has 2 aliphatic rings. The lowest BCUT2D eigenvalue weighted by molar-refractivity contribution is -0.134. The molecular weight excluding hydrogens is 396 g/mol. The van der Waals surface area contributed by atoms with Gasteiger partial charge in [-0.15, -0.1) is 11.3 Å². The Balaban J connectivity index is 1.64. The quantitative estimate of drug-likeness (QED) is 0.745. The number of rotatable bonds is 6. The fourth-order valence-electron chi connectivity index (χ4n) is 4.51. The van der Waals surface area contributed by atoms with Crippen molar-refractivity contribution < 1.29 is 9.59 Å². The van der Waals surface area contributed by atoms with Gasteiger partial charge in [0, 0.05) is 12.6 Å². The van der Waals surface area contributed by atoms with Crippen LogP contribution in [0.25, 0.3) is 10.6 Å². The van der Waals surface area contributed by atoms with Gasteiger partial charge in [-0.05, 0) is 49.6 Å². The SMILES string of the molecule is CC(C)CCN1C(=O)c2cc(-c3cccs3)nn2C[C@@]1(C)C(=O)NC1CCCCC1. The third-order valence-electron chi connectivity index (χ3n) is 6.43. The monoisotopic (exact) mass is 428 g/mol. The molecule has 1 aliphatic carbocycles. The zero-order valence-electron chi connectivity index (χ0n) is 18.2. The highest BCUT2D eigenvalue weighted by atomic mass is 32.1. The average Bonchev–Trinajstić information content (AvgIpc) is 3.38. The van der Waals surface area contributed by atoms with E-state index in [0.717, 1.165) is 42.7 Å². The number of hydrogen-bond donors (Lipinski definition) is 1. The van der Waals surface area contributed by atoms with Crippen LogP contribution in [-0.2, 0) is 11.3 Å². The Morgan fingerprint density at radius 1 is 1.33 bits per heavy atom. The van der Waals surface area contributed by atoms with Gasteiger partial charge in [0.25, 0.3) is 5.91 Å². The summed E-state index contributed by atoms with van der Waals surface area (Å²) in [4.78, 5) is 29.8. The second-order valence-electron chi connectivity index (χ2n) is 9.27. The summed E-state index contributed by atoms with van der Waals surface area (Å²) in [5, 5.41) is 9.96. The topological polar surface area (TPSA) is 67.2 Å². The van der Waals surface area contributed by atoms with Crippen LogP contribution in [0.1, 0.15) is 69.8 Å². The standard InChI is InChI=1S/C23H32N4O2S/c1-16(2)11-12-26-21(28)19-14-18(20-10-7-13-30-20)25-27(19)15-23(26,3)22(29)24-17-8-5-4-6-9-17/h7,10,13-14,16-17H,4-6,8-9,11-12,15H2,1-3H3,(H,24,29)/t23-/m0/s1. The molecule has 1 saturated carbocycles. The summed E-state index contributed by atoms with van der Waals surface area (Å²) in [6.07, 6.45) is 6.47.